The molecule has 138 valence electrons. The summed E-state index contributed by atoms with van der Waals surface area (Å²) in [6, 6.07) is 9.58. The fraction of sp³-hybridized carbons (Fsp3) is 0.250. The van der Waals surface area contributed by atoms with Crippen molar-refractivity contribution in [3.05, 3.63) is 75.4 Å². The Kier molecular flexibility index (Phi) is 4.07. The number of carbonyl (C=O) groups excluding carboxylic acids is 1. The first-order valence-electron chi connectivity index (χ1n) is 8.60. The number of non-ortho nitro benzene ring substituents is 1. The van der Waals surface area contributed by atoms with Gasteiger partial charge in [0, 0.05) is 12.0 Å². The topological polar surface area (TPSA) is 105 Å². The van der Waals surface area contributed by atoms with Crippen molar-refractivity contribution in [2.75, 3.05) is 12.4 Å². The van der Waals surface area contributed by atoms with Gasteiger partial charge in [0.15, 0.2) is 0 Å². The van der Waals surface area contributed by atoms with Crippen molar-refractivity contribution in [3.8, 4) is 5.75 Å². The molecule has 0 amide bonds. The van der Waals surface area contributed by atoms with Gasteiger partial charge in [0.05, 0.1) is 35.8 Å². The SMILES string of the molecule is COc1cc([N+](=O)[O-])cc2c1N[C@H](c1ccc(C(=O)[O-])cc1)[C@@H]1CC=C[C@@H]21. The van der Waals surface area contributed by atoms with Gasteiger partial charge in [0.25, 0.3) is 5.69 Å². The van der Waals surface area contributed by atoms with Crippen LogP contribution in [0.1, 0.15) is 39.9 Å². The number of hydrogen-bond donors (Lipinski definition) is 1. The summed E-state index contributed by atoms with van der Waals surface area (Å²) in [4.78, 5) is 21.9. The van der Waals surface area contributed by atoms with Gasteiger partial charge >= 0.3 is 0 Å². The maximum Gasteiger partial charge on any atom is 0.273 e. The predicted molar refractivity (Wildman–Crippen MR) is 96.8 cm³/mol. The first-order chi connectivity index (χ1) is 13.0. The molecule has 7 heteroatoms. The molecule has 1 aliphatic carbocycles. The molecule has 2 aromatic carbocycles. The van der Waals surface area contributed by atoms with Crippen molar-refractivity contribution in [1.82, 2.24) is 0 Å². The minimum Gasteiger partial charge on any atom is -0.545 e. The highest BCUT2D eigenvalue weighted by atomic mass is 16.6. The number of methoxy groups -OCH3 is 1. The largest absolute Gasteiger partial charge is 0.545 e. The lowest BCUT2D eigenvalue weighted by Crippen LogP contribution is -2.29. The number of nitro groups is 1. The van der Waals surface area contributed by atoms with Gasteiger partial charge in [-0.15, -0.1) is 0 Å². The van der Waals surface area contributed by atoms with Crippen LogP contribution in [0.4, 0.5) is 11.4 Å². The van der Waals surface area contributed by atoms with Gasteiger partial charge in [-0.1, -0.05) is 36.4 Å². The van der Waals surface area contributed by atoms with Gasteiger partial charge in [-0.25, -0.2) is 0 Å². The number of hydrogen-bond acceptors (Lipinski definition) is 6. The quantitative estimate of drug-likeness (QED) is 0.507. The molecule has 3 atom stereocenters. The summed E-state index contributed by atoms with van der Waals surface area (Å²) in [6.07, 6.45) is 4.99. The number of benzene rings is 2. The van der Waals surface area contributed by atoms with E-state index in [4.69, 9.17) is 4.74 Å². The molecule has 0 saturated carbocycles. The second-order valence-electron chi connectivity index (χ2n) is 6.75. The van der Waals surface area contributed by atoms with Crippen molar-refractivity contribution >= 4 is 17.3 Å². The Morgan fingerprint density at radius 2 is 2.00 bits per heavy atom. The molecule has 0 spiro atoms. The number of fused-ring (bicyclic) bond motifs is 3. The second-order valence-corrected chi connectivity index (χ2v) is 6.75. The number of carboxylic acid groups (broad SMARTS) is 1. The molecule has 1 aliphatic heterocycles. The fourth-order valence-electron chi connectivity index (χ4n) is 4.07. The Morgan fingerprint density at radius 3 is 2.63 bits per heavy atom. The first-order valence-corrected chi connectivity index (χ1v) is 8.60. The van der Waals surface area contributed by atoms with Crippen molar-refractivity contribution < 1.29 is 19.6 Å². The lowest BCUT2D eigenvalue weighted by Gasteiger charge is -2.38. The molecule has 27 heavy (non-hydrogen) atoms. The van der Waals surface area contributed by atoms with Gasteiger partial charge in [-0.05, 0) is 29.0 Å². The van der Waals surface area contributed by atoms with Crippen LogP contribution in [0.25, 0.3) is 0 Å². The van der Waals surface area contributed by atoms with E-state index in [1.807, 2.05) is 0 Å². The van der Waals surface area contributed by atoms with E-state index < -0.39 is 10.9 Å². The zero-order chi connectivity index (χ0) is 19.1. The molecule has 0 unspecified atom stereocenters. The third kappa shape index (κ3) is 2.81. The zero-order valence-electron chi connectivity index (χ0n) is 14.5. The molecule has 0 radical (unpaired) electrons. The Balaban J connectivity index is 1.79. The number of nitrogens with one attached hydrogen (secondary N) is 1. The summed E-state index contributed by atoms with van der Waals surface area (Å²) < 4.78 is 5.41. The number of anilines is 1. The lowest BCUT2D eigenvalue weighted by atomic mass is 9.76. The van der Waals surface area contributed by atoms with E-state index in [1.165, 1.54) is 25.3 Å². The van der Waals surface area contributed by atoms with Gasteiger partial charge < -0.3 is 20.0 Å². The molecule has 4 rings (SSSR count). The molecule has 2 aromatic rings. The van der Waals surface area contributed by atoms with Crippen molar-refractivity contribution in [2.45, 2.75) is 18.4 Å². The molecule has 2 aliphatic rings. The summed E-state index contributed by atoms with van der Waals surface area (Å²) >= 11 is 0. The fourth-order valence-corrected chi connectivity index (χ4v) is 4.07. The van der Waals surface area contributed by atoms with E-state index in [2.05, 4.69) is 17.5 Å². The van der Waals surface area contributed by atoms with Gasteiger partial charge in [-0.2, -0.15) is 0 Å². The Bertz CT molecular complexity index is 952. The standard InChI is InChI=1S/C20H18N2O5/c1-27-17-10-13(22(25)26)9-16-14-3-2-4-15(14)18(21-19(16)17)11-5-7-12(8-6-11)20(23)24/h2-3,5-10,14-15,18,21H,4H2,1H3,(H,23,24)/p-1/t14-,15-,18-/m1/s1. The summed E-state index contributed by atoms with van der Waals surface area (Å²) in [7, 11) is 1.49. The van der Waals surface area contributed by atoms with E-state index in [0.29, 0.717) is 5.75 Å². The molecule has 0 bridgehead atoms. The third-order valence-corrected chi connectivity index (χ3v) is 5.35. The van der Waals surface area contributed by atoms with Crippen LogP contribution < -0.4 is 15.2 Å². The minimum atomic E-state index is -1.21. The van der Waals surface area contributed by atoms with Crippen LogP contribution in [-0.4, -0.2) is 18.0 Å². The normalized spacial score (nSPS) is 22.5. The first kappa shape index (κ1) is 17.1. The maximum absolute atomic E-state index is 11.3. The number of carboxylic acids is 1. The second kappa shape index (κ2) is 6.42. The van der Waals surface area contributed by atoms with Crippen LogP contribution in [0, 0.1) is 16.0 Å². The molecule has 0 fully saturated rings. The predicted octanol–water partition coefficient (Wildman–Crippen LogP) is 2.79. The highest BCUT2D eigenvalue weighted by Crippen LogP contribution is 2.53. The molecule has 7 nitrogen and oxygen atoms in total. The smallest absolute Gasteiger partial charge is 0.273 e. The van der Waals surface area contributed by atoms with Gasteiger partial charge in [0.2, 0.25) is 0 Å². The van der Waals surface area contributed by atoms with E-state index in [1.54, 1.807) is 18.2 Å². The van der Waals surface area contributed by atoms with Gasteiger partial charge in [-0.3, -0.25) is 10.1 Å². The average Bonchev–Trinajstić information content (AvgIpc) is 3.16. The van der Waals surface area contributed by atoms with Crippen molar-refractivity contribution in [1.29, 1.82) is 0 Å². The highest BCUT2D eigenvalue weighted by molar-refractivity contribution is 5.85. The number of nitrogens with zero attached hydrogens (tertiary/aromatic N) is 1. The molecule has 1 N–H and O–H groups in total. The summed E-state index contributed by atoms with van der Waals surface area (Å²) in [5.41, 5.74) is 2.67. The van der Waals surface area contributed by atoms with Crippen LogP contribution >= 0.6 is 0 Å². The van der Waals surface area contributed by atoms with E-state index in [9.17, 15) is 20.0 Å². The number of carbonyl (C=O) groups is 1. The molecule has 0 aromatic heterocycles. The van der Waals surface area contributed by atoms with Crippen LogP contribution in [-0.2, 0) is 0 Å². The van der Waals surface area contributed by atoms with E-state index in [-0.39, 0.29) is 29.1 Å². The summed E-state index contributed by atoms with van der Waals surface area (Å²) in [6.45, 7) is 0. The van der Waals surface area contributed by atoms with E-state index >= 15 is 0 Å². The monoisotopic (exact) mass is 365 g/mol. The van der Waals surface area contributed by atoms with Crippen LogP contribution in [0.2, 0.25) is 0 Å². The van der Waals surface area contributed by atoms with Crippen LogP contribution in [0.15, 0.2) is 48.6 Å². The number of ether oxygens (including phenoxy) is 1. The summed E-state index contributed by atoms with van der Waals surface area (Å²) in [5, 5.41) is 25.7. The third-order valence-electron chi connectivity index (χ3n) is 5.35. The molecule has 1 heterocycles. The zero-order valence-corrected chi connectivity index (χ0v) is 14.5. The average molecular weight is 365 g/mol. The van der Waals surface area contributed by atoms with Gasteiger partial charge in [0.1, 0.15) is 5.75 Å². The van der Waals surface area contributed by atoms with E-state index in [0.717, 1.165) is 23.2 Å². The maximum atomic E-state index is 11.3. The van der Waals surface area contributed by atoms with Crippen LogP contribution in [0.3, 0.4) is 0 Å². The summed E-state index contributed by atoms with van der Waals surface area (Å²) in [5.74, 6) is -0.578. The number of aromatic carboxylic acids is 1. The minimum absolute atomic E-state index is 0.00297. The number of nitro benzene ring substituents is 1. The Labute approximate surface area is 155 Å². The number of allylic oxidation sites excluding steroid dienone is 2. The lowest BCUT2D eigenvalue weighted by molar-refractivity contribution is -0.385. The molecule has 0 saturated heterocycles. The Morgan fingerprint density at radius 1 is 1.26 bits per heavy atom. The van der Waals surface area contributed by atoms with Crippen LogP contribution in [0.5, 0.6) is 5.75 Å². The highest BCUT2D eigenvalue weighted by Gasteiger charge is 2.40. The molecular weight excluding hydrogens is 348 g/mol. The molecular formula is C20H17N2O5-. The number of rotatable bonds is 4. The van der Waals surface area contributed by atoms with Crippen molar-refractivity contribution in [3.63, 3.8) is 0 Å². The Hall–Kier alpha value is -3.35. The van der Waals surface area contributed by atoms with Crippen molar-refractivity contribution in [2.24, 2.45) is 5.92 Å².